The van der Waals surface area contributed by atoms with E-state index in [9.17, 15) is 9.59 Å². The Kier molecular flexibility index (Phi) is 5.70. The number of carbonyl (C=O) groups is 2. The van der Waals surface area contributed by atoms with Crippen LogP contribution in [-0.4, -0.2) is 71.2 Å². The van der Waals surface area contributed by atoms with E-state index in [2.05, 4.69) is 20.7 Å². The molecule has 27 heavy (non-hydrogen) atoms. The van der Waals surface area contributed by atoms with Crippen LogP contribution in [0, 0.1) is 0 Å². The molecule has 1 aromatic carbocycles. The van der Waals surface area contributed by atoms with Gasteiger partial charge in [0.25, 0.3) is 0 Å². The van der Waals surface area contributed by atoms with Gasteiger partial charge in [0.15, 0.2) is 5.96 Å². The molecule has 0 aliphatic carbocycles. The van der Waals surface area contributed by atoms with Gasteiger partial charge in [0, 0.05) is 45.5 Å². The summed E-state index contributed by atoms with van der Waals surface area (Å²) in [6.45, 7) is 1.41. The fourth-order valence-electron chi connectivity index (χ4n) is 2.86. The molecule has 2 heterocycles. The van der Waals surface area contributed by atoms with Gasteiger partial charge in [-0.05, 0) is 12.1 Å². The number of rotatable bonds is 6. The first-order valence-electron chi connectivity index (χ1n) is 8.67. The van der Waals surface area contributed by atoms with Gasteiger partial charge in [0.1, 0.15) is 0 Å². The lowest BCUT2D eigenvalue weighted by molar-refractivity contribution is -0.124. The number of carbonyl (C=O) groups excluding carboxylic acids is 2. The number of aromatic nitrogens is 2. The first-order chi connectivity index (χ1) is 13.1. The molecule has 1 aliphatic rings. The summed E-state index contributed by atoms with van der Waals surface area (Å²) in [7, 11) is 3.61. The molecule has 2 N–H and O–H groups in total. The molecule has 9 nitrogen and oxygen atoms in total. The van der Waals surface area contributed by atoms with Gasteiger partial charge in [0.05, 0.1) is 18.4 Å². The second-order valence-electron chi connectivity index (χ2n) is 6.16. The zero-order valence-corrected chi connectivity index (χ0v) is 15.4. The Labute approximate surface area is 157 Å². The van der Waals surface area contributed by atoms with Gasteiger partial charge in [-0.3, -0.25) is 14.7 Å². The molecule has 1 aliphatic heterocycles. The third-order valence-electron chi connectivity index (χ3n) is 4.21. The summed E-state index contributed by atoms with van der Waals surface area (Å²) in [5, 5.41) is 10.1. The van der Waals surface area contributed by atoms with E-state index in [1.165, 1.54) is 4.90 Å². The number of para-hydroxylation sites is 1. The lowest BCUT2D eigenvalue weighted by Gasteiger charge is -2.22. The predicted molar refractivity (Wildman–Crippen MR) is 102 cm³/mol. The molecule has 1 saturated heterocycles. The van der Waals surface area contributed by atoms with Gasteiger partial charge in [0.2, 0.25) is 5.91 Å². The van der Waals surface area contributed by atoms with Gasteiger partial charge in [-0.15, -0.1) is 0 Å². The fourth-order valence-corrected chi connectivity index (χ4v) is 2.86. The van der Waals surface area contributed by atoms with Crippen molar-refractivity contribution in [2.45, 2.75) is 6.54 Å². The van der Waals surface area contributed by atoms with Crippen molar-refractivity contribution in [1.29, 1.82) is 0 Å². The van der Waals surface area contributed by atoms with Crippen LogP contribution in [0.25, 0.3) is 5.69 Å². The lowest BCUT2D eigenvalue weighted by Crippen LogP contribution is -2.43. The molecule has 0 unspecified atom stereocenters. The Morgan fingerprint density at radius 2 is 2.11 bits per heavy atom. The first kappa shape index (κ1) is 18.4. The number of urea groups is 1. The normalized spacial score (nSPS) is 14.4. The second kappa shape index (κ2) is 8.35. The molecule has 0 atom stereocenters. The Morgan fingerprint density at radius 3 is 2.78 bits per heavy atom. The molecule has 1 fully saturated rings. The number of amides is 3. The quantitative estimate of drug-likeness (QED) is 0.437. The number of imide groups is 1. The number of aliphatic imine (C=N–C) groups is 1. The van der Waals surface area contributed by atoms with Crippen molar-refractivity contribution >= 4 is 17.9 Å². The Bertz CT molecular complexity index is 815. The predicted octanol–water partition coefficient (Wildman–Crippen LogP) is 0.431. The Hall–Kier alpha value is -3.36. The summed E-state index contributed by atoms with van der Waals surface area (Å²) < 4.78 is 1.83. The second-order valence-corrected chi connectivity index (χ2v) is 6.16. The third-order valence-corrected chi connectivity index (χ3v) is 4.21. The van der Waals surface area contributed by atoms with Gasteiger partial charge in [-0.1, -0.05) is 18.2 Å². The maximum absolute atomic E-state index is 11.6. The van der Waals surface area contributed by atoms with E-state index in [1.54, 1.807) is 7.05 Å². The third kappa shape index (κ3) is 4.43. The summed E-state index contributed by atoms with van der Waals surface area (Å²) in [6.07, 6.45) is 3.80. The molecule has 0 radical (unpaired) electrons. The summed E-state index contributed by atoms with van der Waals surface area (Å²) in [5.41, 5.74) is 2.04. The van der Waals surface area contributed by atoms with Gasteiger partial charge in [-0.25, -0.2) is 9.48 Å². The lowest BCUT2D eigenvalue weighted by atomic mass is 10.3. The van der Waals surface area contributed by atoms with Gasteiger partial charge >= 0.3 is 6.03 Å². The van der Waals surface area contributed by atoms with E-state index in [0.717, 1.165) is 11.3 Å². The van der Waals surface area contributed by atoms with Crippen molar-refractivity contribution < 1.29 is 9.59 Å². The largest absolute Gasteiger partial charge is 0.354 e. The molecule has 0 spiro atoms. The molecular weight excluding hydrogens is 346 g/mol. The van der Waals surface area contributed by atoms with Crippen LogP contribution in [0.1, 0.15) is 5.56 Å². The zero-order valence-electron chi connectivity index (χ0n) is 15.4. The number of hydrogen-bond acceptors (Lipinski definition) is 4. The molecule has 3 amide bonds. The number of nitrogens with one attached hydrogen (secondary N) is 2. The average Bonchev–Trinajstić information content (AvgIpc) is 3.27. The Morgan fingerprint density at radius 1 is 1.33 bits per heavy atom. The maximum Gasteiger partial charge on any atom is 0.324 e. The minimum Gasteiger partial charge on any atom is -0.354 e. The molecule has 0 saturated carbocycles. The number of hydrogen-bond donors (Lipinski definition) is 2. The van der Waals surface area contributed by atoms with Crippen LogP contribution in [0.2, 0.25) is 0 Å². The highest BCUT2D eigenvalue weighted by atomic mass is 16.2. The Balaban J connectivity index is 1.53. The van der Waals surface area contributed by atoms with Crippen molar-refractivity contribution in [3.05, 3.63) is 48.3 Å². The van der Waals surface area contributed by atoms with Crippen LogP contribution in [-0.2, 0) is 11.3 Å². The smallest absolute Gasteiger partial charge is 0.324 e. The number of nitrogens with zero attached hydrogens (tertiary/aromatic N) is 5. The van der Waals surface area contributed by atoms with Crippen molar-refractivity contribution in [2.24, 2.45) is 4.99 Å². The minimum absolute atomic E-state index is 0.0683. The topological polar surface area (TPSA) is 94.9 Å². The summed E-state index contributed by atoms with van der Waals surface area (Å²) >= 11 is 0. The van der Waals surface area contributed by atoms with Crippen molar-refractivity contribution in [2.75, 3.05) is 33.7 Å². The highest BCUT2D eigenvalue weighted by Gasteiger charge is 2.27. The van der Waals surface area contributed by atoms with Crippen LogP contribution >= 0.6 is 0 Å². The van der Waals surface area contributed by atoms with E-state index < -0.39 is 0 Å². The summed E-state index contributed by atoms with van der Waals surface area (Å²) in [4.78, 5) is 30.5. The van der Waals surface area contributed by atoms with Gasteiger partial charge < -0.3 is 15.5 Å². The van der Waals surface area contributed by atoms with Crippen molar-refractivity contribution in [3.8, 4) is 5.69 Å². The van der Waals surface area contributed by atoms with Crippen LogP contribution < -0.4 is 10.6 Å². The molecule has 1 aromatic heterocycles. The number of guanidine groups is 1. The van der Waals surface area contributed by atoms with E-state index in [0.29, 0.717) is 25.6 Å². The highest BCUT2D eigenvalue weighted by molar-refractivity contribution is 6.01. The van der Waals surface area contributed by atoms with E-state index >= 15 is 0 Å². The molecule has 0 bridgehead atoms. The molecule has 9 heteroatoms. The first-order valence-corrected chi connectivity index (χ1v) is 8.67. The van der Waals surface area contributed by atoms with E-state index in [1.807, 2.05) is 59.4 Å². The van der Waals surface area contributed by atoms with Crippen LogP contribution in [0.3, 0.4) is 0 Å². The van der Waals surface area contributed by atoms with Crippen LogP contribution in [0.5, 0.6) is 0 Å². The molecule has 142 valence electrons. The monoisotopic (exact) mass is 369 g/mol. The zero-order chi connectivity index (χ0) is 19.2. The fraction of sp³-hybridized carbons (Fsp3) is 0.333. The molecule has 2 aromatic rings. The highest BCUT2D eigenvalue weighted by Crippen LogP contribution is 2.09. The minimum atomic E-state index is -0.349. The van der Waals surface area contributed by atoms with Crippen molar-refractivity contribution in [3.63, 3.8) is 0 Å². The van der Waals surface area contributed by atoms with E-state index in [4.69, 9.17) is 0 Å². The maximum atomic E-state index is 11.6. The standard InChI is InChI=1S/C18H23N7O2/c1-19-17(20-8-9-24-16(26)11-21-18(24)27)23(2)12-14-10-22-25(13-14)15-6-4-3-5-7-15/h3-7,10,13H,8-9,11-12H2,1-2H3,(H,19,20)(H,21,27). The van der Waals surface area contributed by atoms with Crippen LogP contribution in [0.4, 0.5) is 4.79 Å². The van der Waals surface area contributed by atoms with Crippen molar-refractivity contribution in [1.82, 2.24) is 30.2 Å². The van der Waals surface area contributed by atoms with Crippen LogP contribution in [0.15, 0.2) is 47.7 Å². The average molecular weight is 369 g/mol. The SMILES string of the molecule is CN=C(NCCN1C(=O)CNC1=O)N(C)Cc1cnn(-c2ccccc2)c1. The molecule has 3 rings (SSSR count). The molecular formula is C18H23N7O2. The summed E-state index contributed by atoms with van der Waals surface area (Å²) in [5.74, 6) is 0.466. The number of benzene rings is 1. The summed E-state index contributed by atoms with van der Waals surface area (Å²) in [6, 6.07) is 9.56. The van der Waals surface area contributed by atoms with Gasteiger partial charge in [-0.2, -0.15) is 5.10 Å². The van der Waals surface area contributed by atoms with E-state index in [-0.39, 0.29) is 18.5 Å².